The van der Waals surface area contributed by atoms with Crippen molar-refractivity contribution in [3.63, 3.8) is 0 Å². The topological polar surface area (TPSA) is 101 Å². The molecular weight excluding hydrogens is 413 g/mol. The van der Waals surface area contributed by atoms with Gasteiger partial charge in [-0.05, 0) is 29.8 Å². The van der Waals surface area contributed by atoms with Crippen LogP contribution in [0.15, 0.2) is 57.7 Å². The van der Waals surface area contributed by atoms with Crippen molar-refractivity contribution in [2.45, 2.75) is 16.5 Å². The Morgan fingerprint density at radius 2 is 2.03 bits per heavy atom. The van der Waals surface area contributed by atoms with Gasteiger partial charge in [-0.2, -0.15) is 0 Å². The number of benzene rings is 2. The van der Waals surface area contributed by atoms with Crippen LogP contribution in [0.25, 0.3) is 11.0 Å². The third-order valence-corrected chi connectivity index (χ3v) is 5.89. The summed E-state index contributed by atoms with van der Waals surface area (Å²) in [5.41, 5.74) is 2.11. The first kappa shape index (κ1) is 19.2. The zero-order valence-corrected chi connectivity index (χ0v) is 16.5. The molecule has 4 rings (SSSR count). The summed E-state index contributed by atoms with van der Waals surface area (Å²) in [6.07, 6.45) is 0.0379. The molecule has 29 heavy (non-hydrogen) atoms. The summed E-state index contributed by atoms with van der Waals surface area (Å²) >= 11 is 2.51. The van der Waals surface area contributed by atoms with Crippen molar-refractivity contribution in [1.82, 2.24) is 20.2 Å². The van der Waals surface area contributed by atoms with E-state index < -0.39 is 0 Å². The van der Waals surface area contributed by atoms with Crippen LogP contribution in [0.3, 0.4) is 0 Å². The second-order valence-electron chi connectivity index (χ2n) is 6.05. The third kappa shape index (κ3) is 4.84. The van der Waals surface area contributed by atoms with E-state index in [-0.39, 0.29) is 23.7 Å². The van der Waals surface area contributed by atoms with Crippen molar-refractivity contribution in [3.8, 4) is 0 Å². The van der Waals surface area contributed by atoms with Gasteiger partial charge in [-0.3, -0.25) is 9.59 Å². The highest BCUT2D eigenvalue weighted by molar-refractivity contribution is 8.00. The average Bonchev–Trinajstić information content (AvgIpc) is 3.13. The molecule has 0 aliphatic rings. The van der Waals surface area contributed by atoms with E-state index in [1.165, 1.54) is 35.2 Å². The minimum Gasteiger partial charge on any atom is -0.319 e. The van der Waals surface area contributed by atoms with Gasteiger partial charge in [0.25, 0.3) is 5.56 Å². The van der Waals surface area contributed by atoms with E-state index in [9.17, 15) is 14.0 Å². The molecule has 2 aromatic carbocycles. The van der Waals surface area contributed by atoms with Gasteiger partial charge in [0.1, 0.15) is 11.5 Å². The Labute approximate surface area is 172 Å². The van der Waals surface area contributed by atoms with Crippen molar-refractivity contribution in [2.75, 3.05) is 5.32 Å². The SMILES string of the molecule is O=C(Cc1cccc(F)c1)Nc1nnc(SCc2nc3ccccc3[nH]c2=O)s1. The largest absolute Gasteiger partial charge is 0.319 e. The molecule has 0 spiro atoms. The number of amides is 1. The Bertz CT molecular complexity index is 1240. The van der Waals surface area contributed by atoms with Gasteiger partial charge in [-0.1, -0.05) is 47.4 Å². The van der Waals surface area contributed by atoms with Gasteiger partial charge in [0, 0.05) is 5.75 Å². The fraction of sp³-hybridized carbons (Fsp3) is 0.105. The highest BCUT2D eigenvalue weighted by atomic mass is 32.2. The number of aromatic amines is 1. The fourth-order valence-corrected chi connectivity index (χ4v) is 4.31. The summed E-state index contributed by atoms with van der Waals surface area (Å²) in [5.74, 6) is -0.371. The number of rotatable bonds is 6. The quantitative estimate of drug-likeness (QED) is 0.361. The number of nitrogens with one attached hydrogen (secondary N) is 2. The van der Waals surface area contributed by atoms with Gasteiger partial charge in [0.15, 0.2) is 4.34 Å². The van der Waals surface area contributed by atoms with E-state index in [0.717, 1.165) is 0 Å². The van der Waals surface area contributed by atoms with Gasteiger partial charge in [-0.15, -0.1) is 10.2 Å². The molecule has 0 aliphatic carbocycles. The van der Waals surface area contributed by atoms with Crippen LogP contribution in [0, 0.1) is 5.82 Å². The van der Waals surface area contributed by atoms with Crippen LogP contribution in [0.4, 0.5) is 9.52 Å². The molecule has 7 nitrogen and oxygen atoms in total. The maximum atomic E-state index is 13.2. The number of carbonyl (C=O) groups is 1. The highest BCUT2D eigenvalue weighted by Gasteiger charge is 2.12. The van der Waals surface area contributed by atoms with E-state index in [1.54, 1.807) is 18.2 Å². The Balaban J connectivity index is 1.37. The average molecular weight is 427 g/mol. The van der Waals surface area contributed by atoms with Crippen molar-refractivity contribution in [3.05, 3.63) is 76.0 Å². The molecule has 0 atom stereocenters. The molecule has 0 fully saturated rings. The number of thioether (sulfide) groups is 1. The Morgan fingerprint density at radius 3 is 2.90 bits per heavy atom. The molecule has 2 aromatic heterocycles. The normalized spacial score (nSPS) is 10.9. The number of nitrogens with zero attached hydrogens (tertiary/aromatic N) is 3. The summed E-state index contributed by atoms with van der Waals surface area (Å²) < 4.78 is 13.8. The lowest BCUT2D eigenvalue weighted by atomic mass is 10.1. The number of fused-ring (bicyclic) bond motifs is 1. The van der Waals surface area contributed by atoms with Crippen molar-refractivity contribution in [2.24, 2.45) is 0 Å². The molecule has 0 saturated carbocycles. The van der Waals surface area contributed by atoms with Crippen LogP contribution in [-0.2, 0) is 17.0 Å². The van der Waals surface area contributed by atoms with E-state index in [1.807, 2.05) is 18.2 Å². The highest BCUT2D eigenvalue weighted by Crippen LogP contribution is 2.27. The van der Waals surface area contributed by atoms with E-state index in [4.69, 9.17) is 0 Å². The van der Waals surface area contributed by atoms with Crippen LogP contribution in [0.2, 0.25) is 0 Å². The van der Waals surface area contributed by atoms with Gasteiger partial charge in [-0.25, -0.2) is 9.37 Å². The summed E-state index contributed by atoms with van der Waals surface area (Å²) in [4.78, 5) is 31.4. The maximum Gasteiger partial charge on any atom is 0.271 e. The first-order valence-corrected chi connectivity index (χ1v) is 10.4. The zero-order valence-electron chi connectivity index (χ0n) is 14.9. The predicted octanol–water partition coefficient (Wildman–Crippen LogP) is 3.39. The van der Waals surface area contributed by atoms with Gasteiger partial charge in [0.2, 0.25) is 11.0 Å². The lowest BCUT2D eigenvalue weighted by Crippen LogP contribution is -2.14. The molecule has 0 unspecified atom stereocenters. The van der Waals surface area contributed by atoms with Crippen LogP contribution < -0.4 is 10.9 Å². The van der Waals surface area contributed by atoms with E-state index >= 15 is 0 Å². The Kier molecular flexibility index (Phi) is 5.63. The van der Waals surface area contributed by atoms with Crippen LogP contribution in [-0.4, -0.2) is 26.1 Å². The Morgan fingerprint density at radius 1 is 1.17 bits per heavy atom. The molecule has 10 heteroatoms. The van der Waals surface area contributed by atoms with Crippen LogP contribution in [0.5, 0.6) is 0 Å². The zero-order chi connectivity index (χ0) is 20.2. The number of anilines is 1. The number of aromatic nitrogens is 4. The van der Waals surface area contributed by atoms with E-state index in [0.29, 0.717) is 37.5 Å². The lowest BCUT2D eigenvalue weighted by Gasteiger charge is -2.01. The number of H-pyrrole nitrogens is 1. The summed E-state index contributed by atoms with van der Waals surface area (Å²) in [5, 5.41) is 10.9. The first-order chi connectivity index (χ1) is 14.1. The summed E-state index contributed by atoms with van der Waals surface area (Å²) in [6, 6.07) is 13.2. The van der Waals surface area contributed by atoms with Gasteiger partial charge in [0.05, 0.1) is 17.5 Å². The molecule has 0 aliphatic heterocycles. The van der Waals surface area contributed by atoms with Crippen molar-refractivity contribution < 1.29 is 9.18 Å². The smallest absolute Gasteiger partial charge is 0.271 e. The summed E-state index contributed by atoms with van der Waals surface area (Å²) in [6.45, 7) is 0. The van der Waals surface area contributed by atoms with Gasteiger partial charge < -0.3 is 10.3 Å². The molecule has 146 valence electrons. The Hall–Kier alpha value is -3.11. The van der Waals surface area contributed by atoms with Crippen molar-refractivity contribution in [1.29, 1.82) is 0 Å². The van der Waals surface area contributed by atoms with E-state index in [2.05, 4.69) is 25.5 Å². The summed E-state index contributed by atoms with van der Waals surface area (Å²) in [7, 11) is 0. The molecule has 0 saturated heterocycles. The molecule has 2 N–H and O–H groups in total. The standard InChI is InChI=1S/C19H14FN5O2S2/c20-12-5-3-4-11(8-12)9-16(26)23-18-24-25-19(29-18)28-10-15-17(27)22-14-7-2-1-6-13(14)21-15/h1-8H,9-10H2,(H,22,27)(H,23,24,26). The second-order valence-corrected chi connectivity index (χ2v) is 8.25. The fourth-order valence-electron chi connectivity index (χ4n) is 2.61. The maximum absolute atomic E-state index is 13.2. The number of hydrogen-bond acceptors (Lipinski definition) is 7. The molecule has 1 amide bonds. The predicted molar refractivity (Wildman–Crippen MR) is 111 cm³/mol. The number of para-hydroxylation sites is 2. The third-order valence-electron chi connectivity index (χ3n) is 3.91. The second kappa shape index (κ2) is 8.50. The monoisotopic (exact) mass is 427 g/mol. The van der Waals surface area contributed by atoms with Crippen LogP contribution >= 0.6 is 23.1 Å². The van der Waals surface area contributed by atoms with Crippen molar-refractivity contribution >= 4 is 45.2 Å². The minimum absolute atomic E-state index is 0.0379. The first-order valence-electron chi connectivity index (χ1n) is 8.55. The molecule has 4 aromatic rings. The lowest BCUT2D eigenvalue weighted by molar-refractivity contribution is -0.115. The molecular formula is C19H14FN5O2S2. The molecule has 2 heterocycles. The molecule has 0 bridgehead atoms. The number of halogens is 1. The van der Waals surface area contributed by atoms with Crippen LogP contribution in [0.1, 0.15) is 11.3 Å². The van der Waals surface area contributed by atoms with Gasteiger partial charge >= 0.3 is 0 Å². The minimum atomic E-state index is -0.387. The molecule has 0 radical (unpaired) electrons. The number of hydrogen-bond donors (Lipinski definition) is 2. The number of carbonyl (C=O) groups excluding carboxylic acids is 1.